The number of aliphatic imine (C=N–C) groups is 1. The molecule has 1 rings (SSSR count). The van der Waals surface area contributed by atoms with E-state index in [1.807, 2.05) is 0 Å². The Hall–Kier alpha value is -0.570. The first-order chi connectivity index (χ1) is 6.24. The van der Waals surface area contributed by atoms with Crippen molar-refractivity contribution in [2.75, 3.05) is 13.2 Å². The summed E-state index contributed by atoms with van der Waals surface area (Å²) in [6, 6.07) is 0.164. The number of aliphatic hydroxyl groups excluding tert-OH is 1. The zero-order chi connectivity index (χ0) is 9.68. The third-order valence-electron chi connectivity index (χ3n) is 2.48. The molecule has 1 atom stereocenters. The molecule has 0 fully saturated rings. The maximum absolute atomic E-state index is 9.11. The molecule has 0 spiro atoms. The molecule has 0 aliphatic carbocycles. The van der Waals surface area contributed by atoms with E-state index in [0.717, 1.165) is 18.8 Å². The highest BCUT2D eigenvalue weighted by atomic mass is 16.3. The van der Waals surface area contributed by atoms with Crippen molar-refractivity contribution in [1.29, 1.82) is 0 Å². The first-order valence-electron chi connectivity index (χ1n) is 5.14. The van der Waals surface area contributed by atoms with Gasteiger partial charge in [0.1, 0.15) is 0 Å². The Morgan fingerprint density at radius 1 is 1.46 bits per heavy atom. The molecule has 3 nitrogen and oxygen atoms in total. The first-order valence-corrected chi connectivity index (χ1v) is 5.14. The zero-order valence-electron chi connectivity index (χ0n) is 8.58. The lowest BCUT2D eigenvalue weighted by Gasteiger charge is -2.23. The van der Waals surface area contributed by atoms with E-state index in [2.05, 4.69) is 24.2 Å². The number of hydrogen-bond acceptors (Lipinski definition) is 3. The molecule has 76 valence electrons. The van der Waals surface area contributed by atoms with Crippen LogP contribution in [0, 0.1) is 5.92 Å². The normalized spacial score (nSPS) is 19.8. The predicted octanol–water partition coefficient (Wildman–Crippen LogP) is 1.18. The van der Waals surface area contributed by atoms with Crippen LogP contribution in [0.25, 0.3) is 0 Å². The van der Waals surface area contributed by atoms with Crippen LogP contribution in [-0.2, 0) is 0 Å². The van der Waals surface area contributed by atoms with Crippen LogP contribution in [0.15, 0.2) is 4.99 Å². The number of aliphatic hydroxyl groups is 1. The van der Waals surface area contributed by atoms with Crippen molar-refractivity contribution in [3.05, 3.63) is 0 Å². The number of nitrogens with zero attached hydrogens (tertiary/aromatic N) is 1. The minimum atomic E-state index is 0.164. The molecule has 0 radical (unpaired) electrons. The van der Waals surface area contributed by atoms with Crippen molar-refractivity contribution in [2.45, 2.75) is 39.2 Å². The SMILES string of the molecule is CC(C)[C@@H](CO)NC1=NCCCC1. The van der Waals surface area contributed by atoms with E-state index in [1.54, 1.807) is 0 Å². The molecule has 13 heavy (non-hydrogen) atoms. The summed E-state index contributed by atoms with van der Waals surface area (Å²) < 4.78 is 0. The molecule has 0 saturated heterocycles. The second-order valence-electron chi connectivity index (χ2n) is 3.96. The molecule has 2 N–H and O–H groups in total. The number of amidine groups is 1. The summed E-state index contributed by atoms with van der Waals surface area (Å²) in [5, 5.41) is 12.4. The van der Waals surface area contributed by atoms with Gasteiger partial charge in [-0.1, -0.05) is 13.8 Å². The van der Waals surface area contributed by atoms with Gasteiger partial charge >= 0.3 is 0 Å². The maximum Gasteiger partial charge on any atom is 0.0966 e. The Morgan fingerprint density at radius 2 is 2.23 bits per heavy atom. The van der Waals surface area contributed by atoms with Gasteiger partial charge in [-0.2, -0.15) is 0 Å². The van der Waals surface area contributed by atoms with Gasteiger partial charge in [0.15, 0.2) is 0 Å². The molecule has 0 aromatic rings. The summed E-state index contributed by atoms with van der Waals surface area (Å²) in [4.78, 5) is 4.39. The van der Waals surface area contributed by atoms with Crippen LogP contribution in [0.4, 0.5) is 0 Å². The molecule has 3 heteroatoms. The minimum absolute atomic E-state index is 0.164. The molecular formula is C10H20N2O. The Labute approximate surface area is 80.3 Å². The third-order valence-corrected chi connectivity index (χ3v) is 2.48. The molecule has 0 bridgehead atoms. The van der Waals surface area contributed by atoms with E-state index in [4.69, 9.17) is 5.11 Å². The monoisotopic (exact) mass is 184 g/mol. The van der Waals surface area contributed by atoms with Gasteiger partial charge in [0.05, 0.1) is 18.5 Å². The number of hydrogen-bond donors (Lipinski definition) is 2. The molecule has 1 heterocycles. The van der Waals surface area contributed by atoms with Crippen LogP contribution in [0.1, 0.15) is 33.1 Å². The Kier molecular flexibility index (Phi) is 4.22. The van der Waals surface area contributed by atoms with Crippen molar-refractivity contribution in [3.63, 3.8) is 0 Å². The van der Waals surface area contributed by atoms with Crippen LogP contribution >= 0.6 is 0 Å². The molecule has 1 aliphatic rings. The van der Waals surface area contributed by atoms with Gasteiger partial charge in [-0.3, -0.25) is 4.99 Å². The topological polar surface area (TPSA) is 44.6 Å². The van der Waals surface area contributed by atoms with Crippen molar-refractivity contribution in [1.82, 2.24) is 5.32 Å². The van der Waals surface area contributed by atoms with Gasteiger partial charge in [0.25, 0.3) is 0 Å². The minimum Gasteiger partial charge on any atom is -0.394 e. The standard InChI is InChI=1S/C10H20N2O/c1-8(2)9(7-13)12-10-5-3-4-6-11-10/h8-9,13H,3-7H2,1-2H3,(H,11,12)/t9-/m1/s1. The fourth-order valence-corrected chi connectivity index (χ4v) is 1.45. The highest BCUT2D eigenvalue weighted by Gasteiger charge is 2.14. The fraction of sp³-hybridized carbons (Fsp3) is 0.900. The van der Waals surface area contributed by atoms with Crippen LogP contribution < -0.4 is 5.32 Å². The molecule has 0 amide bonds. The van der Waals surface area contributed by atoms with Crippen molar-refractivity contribution in [3.8, 4) is 0 Å². The summed E-state index contributed by atoms with van der Waals surface area (Å²) >= 11 is 0. The van der Waals surface area contributed by atoms with E-state index in [9.17, 15) is 0 Å². The van der Waals surface area contributed by atoms with Crippen LogP contribution in [0.5, 0.6) is 0 Å². The summed E-state index contributed by atoms with van der Waals surface area (Å²) in [7, 11) is 0. The van der Waals surface area contributed by atoms with E-state index in [-0.39, 0.29) is 12.6 Å². The van der Waals surface area contributed by atoms with Gasteiger partial charge in [-0.15, -0.1) is 0 Å². The van der Waals surface area contributed by atoms with E-state index >= 15 is 0 Å². The second kappa shape index (κ2) is 5.22. The zero-order valence-corrected chi connectivity index (χ0v) is 8.58. The van der Waals surface area contributed by atoms with Gasteiger partial charge in [0.2, 0.25) is 0 Å². The molecule has 0 aromatic carbocycles. The predicted molar refractivity (Wildman–Crippen MR) is 55.0 cm³/mol. The van der Waals surface area contributed by atoms with Gasteiger partial charge in [0, 0.05) is 13.0 Å². The molecular weight excluding hydrogens is 164 g/mol. The summed E-state index contributed by atoms with van der Waals surface area (Å²) in [6.07, 6.45) is 3.47. The van der Waals surface area contributed by atoms with Crippen molar-refractivity contribution < 1.29 is 5.11 Å². The number of rotatable bonds is 3. The van der Waals surface area contributed by atoms with Gasteiger partial charge in [-0.25, -0.2) is 0 Å². The largest absolute Gasteiger partial charge is 0.394 e. The highest BCUT2D eigenvalue weighted by Crippen LogP contribution is 2.07. The van der Waals surface area contributed by atoms with Crippen LogP contribution in [0.2, 0.25) is 0 Å². The highest BCUT2D eigenvalue weighted by molar-refractivity contribution is 5.82. The lowest BCUT2D eigenvalue weighted by Crippen LogP contribution is -2.41. The van der Waals surface area contributed by atoms with E-state index in [1.165, 1.54) is 12.8 Å². The molecule has 0 saturated carbocycles. The quantitative estimate of drug-likeness (QED) is 0.691. The average Bonchev–Trinajstić information content (AvgIpc) is 2.15. The summed E-state index contributed by atoms with van der Waals surface area (Å²) in [6.45, 7) is 5.35. The lowest BCUT2D eigenvalue weighted by atomic mass is 10.0. The molecule has 0 unspecified atom stereocenters. The van der Waals surface area contributed by atoms with Crippen LogP contribution in [0.3, 0.4) is 0 Å². The second-order valence-corrected chi connectivity index (χ2v) is 3.96. The lowest BCUT2D eigenvalue weighted by molar-refractivity contribution is 0.225. The maximum atomic E-state index is 9.11. The van der Waals surface area contributed by atoms with E-state index < -0.39 is 0 Å². The fourth-order valence-electron chi connectivity index (χ4n) is 1.45. The Bertz CT molecular complexity index is 178. The van der Waals surface area contributed by atoms with Crippen molar-refractivity contribution >= 4 is 5.84 Å². The smallest absolute Gasteiger partial charge is 0.0966 e. The molecule has 0 aromatic heterocycles. The third kappa shape index (κ3) is 3.35. The summed E-state index contributed by atoms with van der Waals surface area (Å²) in [5.74, 6) is 1.54. The Balaban J connectivity index is 2.40. The number of nitrogens with one attached hydrogen (secondary N) is 1. The van der Waals surface area contributed by atoms with E-state index in [0.29, 0.717) is 5.92 Å². The first kappa shape index (κ1) is 10.5. The Morgan fingerprint density at radius 3 is 2.69 bits per heavy atom. The van der Waals surface area contributed by atoms with Gasteiger partial charge in [-0.05, 0) is 18.8 Å². The average molecular weight is 184 g/mol. The summed E-state index contributed by atoms with van der Waals surface area (Å²) in [5.41, 5.74) is 0. The molecule has 1 aliphatic heterocycles. The van der Waals surface area contributed by atoms with Gasteiger partial charge < -0.3 is 10.4 Å². The van der Waals surface area contributed by atoms with Crippen molar-refractivity contribution in [2.24, 2.45) is 10.9 Å². The van der Waals surface area contributed by atoms with Crippen LogP contribution in [-0.4, -0.2) is 30.1 Å².